The molecule has 0 bridgehead atoms. The van der Waals surface area contributed by atoms with Crippen molar-refractivity contribution in [1.29, 1.82) is 0 Å². The standard InChI is InChI=1S/C22H31NO4/c1-21-12-10-18(24)20(23(25)26)17(21)6-5-14-15-7-8-19(27-13-3-4-13)22(15,2)11-9-16(14)21/h13-16,19H,3-12H2,1-2H3/t14-,15-,16-,19-,21+,22-/m0/s1. The molecule has 0 aromatic rings. The van der Waals surface area contributed by atoms with E-state index in [4.69, 9.17) is 4.74 Å². The van der Waals surface area contributed by atoms with Crippen molar-refractivity contribution in [2.24, 2.45) is 28.6 Å². The first-order valence-electron chi connectivity index (χ1n) is 10.9. The molecular weight excluding hydrogens is 342 g/mol. The minimum absolute atomic E-state index is 0.0584. The number of fused-ring (bicyclic) bond motifs is 5. The molecule has 0 saturated heterocycles. The van der Waals surface area contributed by atoms with Crippen molar-refractivity contribution in [3.05, 3.63) is 21.4 Å². The highest BCUT2D eigenvalue weighted by atomic mass is 16.6. The van der Waals surface area contributed by atoms with Crippen LogP contribution in [0.25, 0.3) is 0 Å². The van der Waals surface area contributed by atoms with Gasteiger partial charge in [0.25, 0.3) is 0 Å². The number of nitrogens with zero attached hydrogens (tertiary/aromatic N) is 1. The number of ketones is 1. The summed E-state index contributed by atoms with van der Waals surface area (Å²) >= 11 is 0. The van der Waals surface area contributed by atoms with Crippen molar-refractivity contribution in [2.45, 2.75) is 90.3 Å². The third-order valence-corrected chi connectivity index (χ3v) is 9.07. The number of Topliss-reactive ketones (excluding diaryl/α,β-unsaturated/α-hetero) is 1. The molecule has 5 aliphatic rings. The Morgan fingerprint density at radius 2 is 1.78 bits per heavy atom. The highest BCUT2D eigenvalue weighted by Crippen LogP contribution is 2.66. The van der Waals surface area contributed by atoms with Crippen LogP contribution in [0.3, 0.4) is 0 Å². The lowest BCUT2D eigenvalue weighted by Gasteiger charge is -2.57. The fourth-order valence-corrected chi connectivity index (χ4v) is 7.51. The average Bonchev–Trinajstić information content (AvgIpc) is 3.37. The average molecular weight is 373 g/mol. The van der Waals surface area contributed by atoms with Gasteiger partial charge in [-0.05, 0) is 86.4 Å². The second kappa shape index (κ2) is 5.88. The maximum atomic E-state index is 12.3. The van der Waals surface area contributed by atoms with Crippen molar-refractivity contribution in [3.8, 4) is 0 Å². The van der Waals surface area contributed by atoms with Gasteiger partial charge in [0, 0.05) is 12.0 Å². The van der Waals surface area contributed by atoms with E-state index < -0.39 is 4.92 Å². The molecule has 5 rings (SSSR count). The Morgan fingerprint density at radius 3 is 2.48 bits per heavy atom. The number of rotatable bonds is 3. The van der Waals surface area contributed by atoms with E-state index in [2.05, 4.69) is 13.8 Å². The van der Waals surface area contributed by atoms with Crippen molar-refractivity contribution in [3.63, 3.8) is 0 Å². The summed E-state index contributed by atoms with van der Waals surface area (Å²) in [6.45, 7) is 4.68. The van der Waals surface area contributed by atoms with E-state index in [1.54, 1.807) is 0 Å². The number of hydrogen-bond acceptors (Lipinski definition) is 4. The predicted octanol–water partition coefficient (Wildman–Crippen LogP) is 4.67. The SMILES string of the molecule is C[C@]12CC[C@H]3[C@@H](CCC4=C([N+](=O)[O-])C(=O)CC[C@@]43C)[C@@H]1CC[C@@H]2OC1CC1. The summed E-state index contributed by atoms with van der Waals surface area (Å²) in [6, 6.07) is 0. The van der Waals surface area contributed by atoms with Crippen LogP contribution in [0, 0.1) is 38.7 Å². The van der Waals surface area contributed by atoms with Gasteiger partial charge in [0.2, 0.25) is 5.78 Å². The smallest absolute Gasteiger partial charge is 0.311 e. The van der Waals surface area contributed by atoms with E-state index in [1.807, 2.05) is 0 Å². The lowest BCUT2D eigenvalue weighted by molar-refractivity contribution is -0.422. The zero-order chi connectivity index (χ0) is 19.0. The van der Waals surface area contributed by atoms with Crippen molar-refractivity contribution in [1.82, 2.24) is 0 Å². The first-order valence-corrected chi connectivity index (χ1v) is 10.9. The minimum atomic E-state index is -0.391. The first-order chi connectivity index (χ1) is 12.8. The second-order valence-corrected chi connectivity index (χ2v) is 10.3. The Kier molecular flexibility index (Phi) is 3.89. The number of hydrogen-bond donors (Lipinski definition) is 0. The van der Waals surface area contributed by atoms with E-state index in [9.17, 15) is 14.9 Å². The van der Waals surface area contributed by atoms with Gasteiger partial charge in [-0.25, -0.2) is 0 Å². The molecule has 5 aliphatic carbocycles. The molecule has 0 spiro atoms. The van der Waals surface area contributed by atoms with Crippen LogP contribution in [-0.4, -0.2) is 22.9 Å². The third kappa shape index (κ3) is 2.49. The summed E-state index contributed by atoms with van der Waals surface area (Å²) in [5.74, 6) is 1.55. The molecule has 0 aromatic carbocycles. The lowest BCUT2D eigenvalue weighted by Crippen LogP contribution is -2.52. The van der Waals surface area contributed by atoms with Crippen LogP contribution >= 0.6 is 0 Å². The van der Waals surface area contributed by atoms with Gasteiger partial charge in [0.15, 0.2) is 0 Å². The molecule has 0 aliphatic heterocycles. The van der Waals surface area contributed by atoms with Gasteiger partial charge < -0.3 is 4.74 Å². The van der Waals surface area contributed by atoms with Gasteiger partial charge in [0.1, 0.15) is 0 Å². The quantitative estimate of drug-likeness (QED) is 0.532. The number of allylic oxidation sites excluding steroid dienone is 1. The highest BCUT2D eigenvalue weighted by molar-refractivity contribution is 5.95. The van der Waals surface area contributed by atoms with Crippen LogP contribution < -0.4 is 0 Å². The van der Waals surface area contributed by atoms with Gasteiger partial charge in [-0.1, -0.05) is 13.8 Å². The van der Waals surface area contributed by atoms with Gasteiger partial charge >= 0.3 is 5.70 Å². The monoisotopic (exact) mass is 373 g/mol. The molecule has 0 unspecified atom stereocenters. The van der Waals surface area contributed by atoms with E-state index in [0.29, 0.717) is 36.4 Å². The van der Waals surface area contributed by atoms with E-state index in [0.717, 1.165) is 31.3 Å². The molecule has 148 valence electrons. The topological polar surface area (TPSA) is 69.4 Å². The summed E-state index contributed by atoms with van der Waals surface area (Å²) in [4.78, 5) is 23.5. The van der Waals surface area contributed by atoms with E-state index in [-0.39, 0.29) is 22.3 Å². The lowest BCUT2D eigenvalue weighted by atomic mass is 9.47. The van der Waals surface area contributed by atoms with Gasteiger partial charge in [0.05, 0.1) is 17.1 Å². The molecule has 27 heavy (non-hydrogen) atoms. The van der Waals surface area contributed by atoms with Crippen LogP contribution in [0.4, 0.5) is 0 Å². The minimum Gasteiger partial charge on any atom is -0.374 e. The Hall–Kier alpha value is -1.23. The number of carbonyl (C=O) groups is 1. The number of nitro groups is 1. The molecule has 0 radical (unpaired) electrons. The van der Waals surface area contributed by atoms with Crippen molar-refractivity contribution >= 4 is 5.78 Å². The fraction of sp³-hybridized carbons (Fsp3) is 0.864. The molecule has 5 nitrogen and oxygen atoms in total. The largest absolute Gasteiger partial charge is 0.374 e. The zero-order valence-corrected chi connectivity index (χ0v) is 16.5. The zero-order valence-electron chi connectivity index (χ0n) is 16.5. The Balaban J connectivity index is 1.47. The molecule has 0 heterocycles. The Morgan fingerprint density at radius 1 is 1.00 bits per heavy atom. The molecule has 0 amide bonds. The summed E-state index contributed by atoms with van der Waals surface area (Å²) < 4.78 is 6.43. The summed E-state index contributed by atoms with van der Waals surface area (Å²) in [5, 5.41) is 11.6. The second-order valence-electron chi connectivity index (χ2n) is 10.3. The summed E-state index contributed by atoms with van der Waals surface area (Å²) in [5.41, 5.74) is 0.933. The van der Waals surface area contributed by atoms with Crippen LogP contribution in [0.5, 0.6) is 0 Å². The first kappa shape index (κ1) is 17.8. The van der Waals surface area contributed by atoms with Crippen LogP contribution in [0.15, 0.2) is 11.3 Å². The molecule has 0 N–H and O–H groups in total. The van der Waals surface area contributed by atoms with Crippen molar-refractivity contribution in [2.75, 3.05) is 0 Å². The number of carbonyl (C=O) groups excluding carboxylic acids is 1. The molecular formula is C22H31NO4. The Labute approximate surface area is 161 Å². The molecule has 6 atom stereocenters. The van der Waals surface area contributed by atoms with E-state index >= 15 is 0 Å². The maximum absolute atomic E-state index is 12.3. The Bertz CT molecular complexity index is 726. The maximum Gasteiger partial charge on any atom is 0.311 e. The summed E-state index contributed by atoms with van der Waals surface area (Å²) in [7, 11) is 0. The molecule has 4 fully saturated rings. The van der Waals surface area contributed by atoms with Crippen LogP contribution in [-0.2, 0) is 9.53 Å². The van der Waals surface area contributed by atoms with Crippen LogP contribution in [0.2, 0.25) is 0 Å². The van der Waals surface area contributed by atoms with Gasteiger partial charge in [-0.2, -0.15) is 0 Å². The molecule has 4 saturated carbocycles. The normalized spacial score (nSPS) is 46.7. The van der Waals surface area contributed by atoms with Crippen LogP contribution in [0.1, 0.15) is 78.1 Å². The summed E-state index contributed by atoms with van der Waals surface area (Å²) in [6.07, 6.45) is 11.0. The fourth-order valence-electron chi connectivity index (χ4n) is 7.51. The van der Waals surface area contributed by atoms with E-state index in [1.165, 1.54) is 32.1 Å². The van der Waals surface area contributed by atoms with Crippen molar-refractivity contribution < 1.29 is 14.5 Å². The predicted molar refractivity (Wildman–Crippen MR) is 101 cm³/mol. The van der Waals surface area contributed by atoms with Gasteiger partial charge in [-0.15, -0.1) is 0 Å². The third-order valence-electron chi connectivity index (χ3n) is 9.07. The van der Waals surface area contributed by atoms with Gasteiger partial charge in [-0.3, -0.25) is 14.9 Å². The molecule has 0 aromatic heterocycles. The molecule has 5 heteroatoms. The highest BCUT2D eigenvalue weighted by Gasteiger charge is 2.61. The number of ether oxygens (including phenoxy) is 1.